The number of hydrogen-bond acceptors (Lipinski definition) is 5. The summed E-state index contributed by atoms with van der Waals surface area (Å²) in [6.45, 7) is 0.274. The first-order valence-corrected chi connectivity index (χ1v) is 10.2. The van der Waals surface area contributed by atoms with Gasteiger partial charge in [0.2, 0.25) is 11.8 Å². The molecule has 2 heterocycles. The molecule has 0 saturated carbocycles. The zero-order chi connectivity index (χ0) is 18.2. The Bertz CT molecular complexity index is 778. The van der Waals surface area contributed by atoms with Crippen LogP contribution in [0.4, 0.5) is 5.69 Å². The molecule has 25 heavy (non-hydrogen) atoms. The predicted octanol–water partition coefficient (Wildman–Crippen LogP) is 0.781. The Labute approximate surface area is 147 Å². The third-order valence-electron chi connectivity index (χ3n) is 5.04. The van der Waals surface area contributed by atoms with E-state index >= 15 is 0 Å². The van der Waals surface area contributed by atoms with E-state index in [4.69, 9.17) is 0 Å². The molecule has 1 aromatic carbocycles. The van der Waals surface area contributed by atoms with Gasteiger partial charge in [0, 0.05) is 37.8 Å². The summed E-state index contributed by atoms with van der Waals surface area (Å²) in [5, 5.41) is 9.57. The standard InChI is InChI=1S/C17H22N2O5S/c1-18(13-5-7-25(23,24)8-6-13)17(22)12-9-16(21)19(11-12)14-3-2-4-15(20)10-14/h2-4,10,12-13,20H,5-9,11H2,1H3. The van der Waals surface area contributed by atoms with Crippen LogP contribution in [0.25, 0.3) is 0 Å². The highest BCUT2D eigenvalue weighted by atomic mass is 32.2. The van der Waals surface area contributed by atoms with E-state index < -0.39 is 15.8 Å². The minimum atomic E-state index is -2.98. The molecule has 8 heteroatoms. The van der Waals surface area contributed by atoms with E-state index in [0.29, 0.717) is 18.5 Å². The van der Waals surface area contributed by atoms with Gasteiger partial charge >= 0.3 is 0 Å². The predicted molar refractivity (Wildman–Crippen MR) is 93.0 cm³/mol. The van der Waals surface area contributed by atoms with Crippen LogP contribution < -0.4 is 4.90 Å². The van der Waals surface area contributed by atoms with Crippen molar-refractivity contribution in [2.24, 2.45) is 5.92 Å². The lowest BCUT2D eigenvalue weighted by atomic mass is 10.0. The number of amides is 2. The van der Waals surface area contributed by atoms with Gasteiger partial charge in [-0.15, -0.1) is 0 Å². The largest absolute Gasteiger partial charge is 0.508 e. The van der Waals surface area contributed by atoms with Gasteiger partial charge in [-0.1, -0.05) is 6.07 Å². The van der Waals surface area contributed by atoms with Gasteiger partial charge in [-0.25, -0.2) is 8.42 Å². The number of phenols is 1. The monoisotopic (exact) mass is 366 g/mol. The van der Waals surface area contributed by atoms with Gasteiger partial charge in [0.05, 0.1) is 17.4 Å². The first kappa shape index (κ1) is 17.7. The Kier molecular flexibility index (Phi) is 4.73. The van der Waals surface area contributed by atoms with E-state index in [1.54, 1.807) is 24.1 Å². The maximum atomic E-state index is 12.7. The van der Waals surface area contributed by atoms with Crippen molar-refractivity contribution < 1.29 is 23.1 Å². The van der Waals surface area contributed by atoms with Crippen molar-refractivity contribution in [3.05, 3.63) is 24.3 Å². The van der Waals surface area contributed by atoms with Gasteiger partial charge in [0.25, 0.3) is 0 Å². The number of nitrogens with zero attached hydrogens (tertiary/aromatic N) is 2. The fourth-order valence-corrected chi connectivity index (χ4v) is 4.98. The SMILES string of the molecule is CN(C(=O)C1CC(=O)N(c2cccc(O)c2)C1)C1CCS(=O)(=O)CC1. The Hall–Kier alpha value is -2.09. The quantitative estimate of drug-likeness (QED) is 0.853. The minimum absolute atomic E-state index is 0.0700. The van der Waals surface area contributed by atoms with Gasteiger partial charge in [-0.05, 0) is 25.0 Å². The lowest BCUT2D eigenvalue weighted by molar-refractivity contribution is -0.136. The normalized spacial score (nSPS) is 23.6. The van der Waals surface area contributed by atoms with Gasteiger partial charge in [-0.3, -0.25) is 9.59 Å². The Morgan fingerprint density at radius 1 is 1.28 bits per heavy atom. The smallest absolute Gasteiger partial charge is 0.228 e. The van der Waals surface area contributed by atoms with Crippen molar-refractivity contribution in [3.8, 4) is 5.75 Å². The van der Waals surface area contributed by atoms with E-state index in [1.807, 2.05) is 0 Å². The molecule has 0 radical (unpaired) electrons. The molecule has 1 unspecified atom stereocenters. The second kappa shape index (κ2) is 6.67. The molecule has 2 aliphatic heterocycles. The van der Waals surface area contributed by atoms with Crippen molar-refractivity contribution >= 4 is 27.3 Å². The topological polar surface area (TPSA) is 95.0 Å². The van der Waals surface area contributed by atoms with E-state index in [0.717, 1.165) is 0 Å². The van der Waals surface area contributed by atoms with E-state index in [-0.39, 0.29) is 48.1 Å². The fraction of sp³-hybridized carbons (Fsp3) is 0.529. The average Bonchev–Trinajstić information content (AvgIpc) is 2.95. The summed E-state index contributed by atoms with van der Waals surface area (Å²) in [6.07, 6.45) is 1.02. The number of phenolic OH excluding ortho intramolecular Hbond substituents is 1. The summed E-state index contributed by atoms with van der Waals surface area (Å²) in [7, 11) is -1.29. The number of rotatable bonds is 3. The van der Waals surface area contributed by atoms with Crippen molar-refractivity contribution in [3.63, 3.8) is 0 Å². The van der Waals surface area contributed by atoms with Crippen LogP contribution in [0.15, 0.2) is 24.3 Å². The number of benzene rings is 1. The summed E-state index contributed by atoms with van der Waals surface area (Å²) in [5.74, 6) is -0.439. The van der Waals surface area contributed by atoms with Crippen LogP contribution in [0.2, 0.25) is 0 Å². The number of anilines is 1. The molecule has 2 aliphatic rings. The van der Waals surface area contributed by atoms with Crippen molar-refractivity contribution in [2.45, 2.75) is 25.3 Å². The van der Waals surface area contributed by atoms with Gasteiger partial charge in [-0.2, -0.15) is 0 Å². The molecule has 136 valence electrons. The molecule has 3 rings (SSSR count). The first-order chi connectivity index (χ1) is 11.8. The minimum Gasteiger partial charge on any atom is -0.508 e. The van der Waals surface area contributed by atoms with Crippen LogP contribution in [0.1, 0.15) is 19.3 Å². The number of carbonyl (C=O) groups excluding carboxylic acids is 2. The molecule has 0 bridgehead atoms. The summed E-state index contributed by atoms with van der Waals surface area (Å²) < 4.78 is 23.1. The molecule has 2 amide bonds. The Morgan fingerprint density at radius 2 is 1.96 bits per heavy atom. The fourth-order valence-electron chi connectivity index (χ4n) is 3.52. The molecule has 0 aliphatic carbocycles. The summed E-state index contributed by atoms with van der Waals surface area (Å²) in [6, 6.07) is 6.31. The molecule has 0 spiro atoms. The number of sulfone groups is 1. The highest BCUT2D eigenvalue weighted by molar-refractivity contribution is 7.91. The highest BCUT2D eigenvalue weighted by Gasteiger charge is 2.38. The van der Waals surface area contributed by atoms with Crippen LogP contribution in [-0.2, 0) is 19.4 Å². The van der Waals surface area contributed by atoms with E-state index in [1.165, 1.54) is 17.0 Å². The first-order valence-electron chi connectivity index (χ1n) is 8.33. The highest BCUT2D eigenvalue weighted by Crippen LogP contribution is 2.29. The molecular formula is C17H22N2O5S. The molecule has 1 N–H and O–H groups in total. The molecule has 7 nitrogen and oxygen atoms in total. The average molecular weight is 366 g/mol. The van der Waals surface area contributed by atoms with Crippen LogP contribution >= 0.6 is 0 Å². The molecule has 0 aromatic heterocycles. The van der Waals surface area contributed by atoms with E-state index in [9.17, 15) is 23.1 Å². The van der Waals surface area contributed by atoms with Gasteiger partial charge in [0.15, 0.2) is 0 Å². The zero-order valence-electron chi connectivity index (χ0n) is 14.1. The zero-order valence-corrected chi connectivity index (χ0v) is 14.9. The number of aromatic hydroxyl groups is 1. The van der Waals surface area contributed by atoms with Gasteiger partial charge < -0.3 is 14.9 Å². The Morgan fingerprint density at radius 3 is 2.60 bits per heavy atom. The second-order valence-electron chi connectivity index (χ2n) is 6.76. The lowest BCUT2D eigenvalue weighted by Gasteiger charge is -2.32. The maximum Gasteiger partial charge on any atom is 0.228 e. The molecule has 2 fully saturated rings. The second-order valence-corrected chi connectivity index (χ2v) is 9.06. The summed E-state index contributed by atoms with van der Waals surface area (Å²) in [5.41, 5.74) is 0.576. The molecule has 1 atom stereocenters. The van der Waals surface area contributed by atoms with E-state index in [2.05, 4.69) is 0 Å². The van der Waals surface area contributed by atoms with Crippen LogP contribution in [0, 0.1) is 5.92 Å². The number of hydrogen-bond donors (Lipinski definition) is 1. The van der Waals surface area contributed by atoms with Crippen LogP contribution in [-0.4, -0.2) is 61.4 Å². The summed E-state index contributed by atoms with van der Waals surface area (Å²) >= 11 is 0. The Balaban J connectivity index is 1.66. The third-order valence-corrected chi connectivity index (χ3v) is 6.75. The lowest BCUT2D eigenvalue weighted by Crippen LogP contribution is -2.45. The third kappa shape index (κ3) is 3.78. The number of carbonyl (C=O) groups is 2. The van der Waals surface area contributed by atoms with Crippen LogP contribution in [0.5, 0.6) is 5.75 Å². The van der Waals surface area contributed by atoms with Gasteiger partial charge in [0.1, 0.15) is 15.6 Å². The van der Waals surface area contributed by atoms with Crippen LogP contribution in [0.3, 0.4) is 0 Å². The molecule has 1 aromatic rings. The maximum absolute atomic E-state index is 12.7. The summed E-state index contributed by atoms with van der Waals surface area (Å²) in [4.78, 5) is 28.1. The van der Waals surface area contributed by atoms with Crippen molar-refractivity contribution in [2.75, 3.05) is 30.0 Å². The van der Waals surface area contributed by atoms with Crippen molar-refractivity contribution in [1.29, 1.82) is 0 Å². The molecular weight excluding hydrogens is 344 g/mol. The van der Waals surface area contributed by atoms with Crippen molar-refractivity contribution in [1.82, 2.24) is 4.90 Å². The molecule has 2 saturated heterocycles.